The number of imidazole rings is 1. The molecular weight excluding hydrogens is 292 g/mol. The smallest absolute Gasteiger partial charge is 0.317 e. The molecule has 2 aromatic rings. The maximum atomic E-state index is 12.4. The Hall–Kier alpha value is -2.34. The van der Waals surface area contributed by atoms with Crippen LogP contribution in [0.25, 0.3) is 0 Å². The Bertz CT molecular complexity index is 591. The zero-order chi connectivity index (χ0) is 16.7. The third-order valence-electron chi connectivity index (χ3n) is 3.29. The van der Waals surface area contributed by atoms with Gasteiger partial charge in [-0.3, -0.25) is 0 Å². The van der Waals surface area contributed by atoms with Crippen molar-refractivity contribution in [3.8, 4) is 0 Å². The number of nitrogens with one attached hydrogen (secondary N) is 1. The van der Waals surface area contributed by atoms with Gasteiger partial charge in [0.1, 0.15) is 0 Å². The topological polar surface area (TPSA) is 70.4 Å². The minimum atomic E-state index is -0.948. The van der Waals surface area contributed by atoms with Crippen molar-refractivity contribution in [2.24, 2.45) is 0 Å². The second-order valence-corrected chi connectivity index (χ2v) is 6.19. The first-order chi connectivity index (χ1) is 10.9. The summed E-state index contributed by atoms with van der Waals surface area (Å²) in [7, 11) is 0. The van der Waals surface area contributed by atoms with Crippen molar-refractivity contribution in [3.63, 3.8) is 0 Å². The first-order valence-electron chi connectivity index (χ1n) is 7.69. The Kier molecular flexibility index (Phi) is 5.76. The molecule has 0 aliphatic rings. The molecule has 0 aliphatic carbocycles. The van der Waals surface area contributed by atoms with Crippen molar-refractivity contribution in [2.75, 3.05) is 13.1 Å². The van der Waals surface area contributed by atoms with Crippen LogP contribution in [0.2, 0.25) is 0 Å². The lowest BCUT2D eigenvalue weighted by Gasteiger charge is -2.29. The van der Waals surface area contributed by atoms with E-state index in [4.69, 9.17) is 0 Å². The van der Waals surface area contributed by atoms with Crippen LogP contribution in [-0.2, 0) is 13.1 Å². The average Bonchev–Trinajstić information content (AvgIpc) is 2.99. The molecule has 0 bridgehead atoms. The number of aromatic nitrogens is 2. The summed E-state index contributed by atoms with van der Waals surface area (Å²) in [4.78, 5) is 18.0. The van der Waals surface area contributed by atoms with Crippen LogP contribution in [0, 0.1) is 0 Å². The van der Waals surface area contributed by atoms with Crippen molar-refractivity contribution in [3.05, 3.63) is 54.6 Å². The van der Waals surface area contributed by atoms with E-state index < -0.39 is 5.60 Å². The number of nitrogens with zero attached hydrogens (tertiary/aromatic N) is 3. The summed E-state index contributed by atoms with van der Waals surface area (Å²) in [6.07, 6.45) is 5.27. The molecule has 0 unspecified atom stereocenters. The van der Waals surface area contributed by atoms with Crippen LogP contribution in [0.3, 0.4) is 0 Å². The van der Waals surface area contributed by atoms with Gasteiger partial charge in [-0.15, -0.1) is 0 Å². The summed E-state index contributed by atoms with van der Waals surface area (Å²) in [5, 5.41) is 12.9. The fraction of sp³-hybridized carbons (Fsp3) is 0.412. The quantitative estimate of drug-likeness (QED) is 0.819. The van der Waals surface area contributed by atoms with E-state index in [1.165, 1.54) is 0 Å². The second-order valence-electron chi connectivity index (χ2n) is 6.19. The van der Waals surface area contributed by atoms with E-state index in [-0.39, 0.29) is 12.6 Å². The highest BCUT2D eigenvalue weighted by Gasteiger charge is 2.22. The average molecular weight is 316 g/mol. The van der Waals surface area contributed by atoms with Gasteiger partial charge in [0, 0.05) is 32.0 Å². The molecule has 2 amide bonds. The predicted molar refractivity (Wildman–Crippen MR) is 88.8 cm³/mol. The zero-order valence-electron chi connectivity index (χ0n) is 13.6. The number of urea groups is 1. The molecule has 6 heteroatoms. The van der Waals surface area contributed by atoms with Crippen LogP contribution in [0.4, 0.5) is 4.79 Å². The Morgan fingerprint density at radius 3 is 2.70 bits per heavy atom. The summed E-state index contributed by atoms with van der Waals surface area (Å²) in [6.45, 7) is 5.29. The van der Waals surface area contributed by atoms with Crippen molar-refractivity contribution in [1.82, 2.24) is 19.8 Å². The first-order valence-corrected chi connectivity index (χ1v) is 7.69. The molecular formula is C17H24N4O2. The Morgan fingerprint density at radius 2 is 2.09 bits per heavy atom. The lowest BCUT2D eigenvalue weighted by molar-refractivity contribution is 0.0447. The lowest BCUT2D eigenvalue weighted by Crippen LogP contribution is -2.47. The monoisotopic (exact) mass is 316 g/mol. The normalized spacial score (nSPS) is 11.3. The summed E-state index contributed by atoms with van der Waals surface area (Å²) in [6, 6.07) is 9.57. The van der Waals surface area contributed by atoms with E-state index in [0.717, 1.165) is 5.56 Å². The van der Waals surface area contributed by atoms with Crippen molar-refractivity contribution in [1.29, 1.82) is 0 Å². The molecule has 124 valence electrons. The van der Waals surface area contributed by atoms with E-state index in [0.29, 0.717) is 19.6 Å². The van der Waals surface area contributed by atoms with Gasteiger partial charge in [-0.05, 0) is 19.4 Å². The molecule has 1 heterocycles. The summed E-state index contributed by atoms with van der Waals surface area (Å²) in [5.41, 5.74) is 0.0812. The lowest BCUT2D eigenvalue weighted by atomic mass is 10.1. The highest BCUT2D eigenvalue weighted by Crippen LogP contribution is 2.10. The minimum absolute atomic E-state index is 0.184. The van der Waals surface area contributed by atoms with E-state index in [2.05, 4.69) is 10.3 Å². The molecule has 2 N–H and O–H groups in total. The van der Waals surface area contributed by atoms with Gasteiger partial charge in [0.25, 0.3) is 0 Å². The van der Waals surface area contributed by atoms with E-state index in [1.54, 1.807) is 31.3 Å². The van der Waals surface area contributed by atoms with Gasteiger partial charge in [-0.1, -0.05) is 30.3 Å². The van der Waals surface area contributed by atoms with Crippen molar-refractivity contribution >= 4 is 6.03 Å². The van der Waals surface area contributed by atoms with Crippen LogP contribution < -0.4 is 5.32 Å². The molecule has 0 spiro atoms. The summed E-state index contributed by atoms with van der Waals surface area (Å²) >= 11 is 0. The van der Waals surface area contributed by atoms with Gasteiger partial charge in [0.2, 0.25) is 0 Å². The molecule has 6 nitrogen and oxygen atoms in total. The van der Waals surface area contributed by atoms with E-state index in [9.17, 15) is 9.90 Å². The number of hydrogen-bond donors (Lipinski definition) is 2. The third-order valence-corrected chi connectivity index (χ3v) is 3.29. The Labute approximate surface area is 136 Å². The van der Waals surface area contributed by atoms with Gasteiger partial charge >= 0.3 is 6.03 Å². The van der Waals surface area contributed by atoms with Gasteiger partial charge in [-0.2, -0.15) is 0 Å². The molecule has 0 radical (unpaired) electrons. The van der Waals surface area contributed by atoms with Gasteiger partial charge in [0.15, 0.2) is 0 Å². The molecule has 0 saturated heterocycles. The number of carbonyl (C=O) groups excluding carboxylic acids is 1. The highest BCUT2D eigenvalue weighted by atomic mass is 16.3. The number of hydrogen-bond acceptors (Lipinski definition) is 3. The Balaban J connectivity index is 1.93. The summed E-state index contributed by atoms with van der Waals surface area (Å²) < 4.78 is 1.90. The second kappa shape index (κ2) is 7.78. The maximum absolute atomic E-state index is 12.4. The molecule has 1 aromatic heterocycles. The van der Waals surface area contributed by atoms with Gasteiger partial charge in [0.05, 0.1) is 18.5 Å². The summed E-state index contributed by atoms with van der Waals surface area (Å²) in [5.74, 6) is 0. The fourth-order valence-corrected chi connectivity index (χ4v) is 2.29. The molecule has 0 aliphatic heterocycles. The number of carbonyl (C=O) groups is 1. The molecule has 0 fully saturated rings. The number of amides is 2. The van der Waals surface area contributed by atoms with E-state index >= 15 is 0 Å². The van der Waals surface area contributed by atoms with Crippen LogP contribution >= 0.6 is 0 Å². The molecule has 2 rings (SSSR count). The largest absolute Gasteiger partial charge is 0.389 e. The van der Waals surface area contributed by atoms with Gasteiger partial charge < -0.3 is 19.9 Å². The fourth-order valence-electron chi connectivity index (χ4n) is 2.29. The minimum Gasteiger partial charge on any atom is -0.389 e. The molecule has 23 heavy (non-hydrogen) atoms. The Morgan fingerprint density at radius 1 is 1.35 bits per heavy atom. The molecule has 1 aromatic carbocycles. The molecule has 0 saturated carbocycles. The number of aliphatic hydroxyl groups is 1. The van der Waals surface area contributed by atoms with Crippen molar-refractivity contribution < 1.29 is 9.90 Å². The zero-order valence-corrected chi connectivity index (χ0v) is 13.6. The standard InChI is InChI=1S/C17H24N4O2/c1-17(2,23)13-21(12-15-6-4-3-5-7-15)16(22)19-9-11-20-10-8-18-14-20/h3-8,10,14,23H,9,11-13H2,1-2H3,(H,19,22). The van der Waals surface area contributed by atoms with Crippen LogP contribution in [0.1, 0.15) is 19.4 Å². The number of benzene rings is 1. The van der Waals surface area contributed by atoms with E-state index in [1.807, 2.05) is 41.1 Å². The number of rotatable bonds is 7. The van der Waals surface area contributed by atoms with Crippen LogP contribution in [0.15, 0.2) is 49.1 Å². The maximum Gasteiger partial charge on any atom is 0.317 e. The first kappa shape index (κ1) is 17.0. The van der Waals surface area contributed by atoms with Crippen LogP contribution in [0.5, 0.6) is 0 Å². The highest BCUT2D eigenvalue weighted by molar-refractivity contribution is 5.74. The SMILES string of the molecule is CC(C)(O)CN(Cc1ccccc1)C(=O)NCCn1ccnc1. The van der Waals surface area contributed by atoms with Crippen LogP contribution in [-0.4, -0.2) is 44.3 Å². The molecule has 0 atom stereocenters. The van der Waals surface area contributed by atoms with Crippen molar-refractivity contribution in [2.45, 2.75) is 32.5 Å². The van der Waals surface area contributed by atoms with Gasteiger partial charge in [-0.25, -0.2) is 9.78 Å². The third kappa shape index (κ3) is 6.12. The predicted octanol–water partition coefficient (Wildman–Crippen LogP) is 1.87.